The summed E-state index contributed by atoms with van der Waals surface area (Å²) in [6.07, 6.45) is -4.16. The van der Waals surface area contributed by atoms with E-state index < -0.39 is 22.1 Å². The molecule has 0 bridgehead atoms. The standard InChI is InChI=1S/C25H24F3NO4S/c26-25(27,28)33-21-11-13-22(14-12-21)34(30,31)29-20-15-16-32-23(17-20)24(18-7-3-1-4-8-18)19-9-5-2-6-10-19/h1-14,20,23-24,29H,15-17H2. The van der Waals surface area contributed by atoms with Crippen molar-refractivity contribution in [1.82, 2.24) is 4.72 Å². The number of rotatable bonds is 7. The Morgan fingerprint density at radius 2 is 1.44 bits per heavy atom. The molecule has 1 aliphatic heterocycles. The van der Waals surface area contributed by atoms with Crippen molar-refractivity contribution in [2.24, 2.45) is 0 Å². The fourth-order valence-electron chi connectivity index (χ4n) is 4.22. The molecule has 180 valence electrons. The molecule has 1 fully saturated rings. The van der Waals surface area contributed by atoms with Gasteiger partial charge in [0.2, 0.25) is 10.0 Å². The lowest BCUT2D eigenvalue weighted by atomic mass is 9.83. The Morgan fingerprint density at radius 1 is 0.882 bits per heavy atom. The summed E-state index contributed by atoms with van der Waals surface area (Å²) >= 11 is 0. The number of halogens is 3. The summed E-state index contributed by atoms with van der Waals surface area (Å²) in [5.74, 6) is -0.556. The third-order valence-corrected chi connectivity index (χ3v) is 7.23. The van der Waals surface area contributed by atoms with Gasteiger partial charge in [0, 0.05) is 18.6 Å². The van der Waals surface area contributed by atoms with Crippen LogP contribution in [0.15, 0.2) is 89.8 Å². The largest absolute Gasteiger partial charge is 0.573 e. The average Bonchev–Trinajstić information content (AvgIpc) is 2.80. The third-order valence-electron chi connectivity index (χ3n) is 5.69. The maximum atomic E-state index is 12.9. The zero-order valence-electron chi connectivity index (χ0n) is 18.1. The van der Waals surface area contributed by atoms with E-state index in [1.54, 1.807) is 0 Å². The fraction of sp³-hybridized carbons (Fsp3) is 0.280. The van der Waals surface area contributed by atoms with Gasteiger partial charge in [0.15, 0.2) is 0 Å². The predicted molar refractivity (Wildman–Crippen MR) is 121 cm³/mol. The molecular weight excluding hydrogens is 467 g/mol. The summed E-state index contributed by atoms with van der Waals surface area (Å²) < 4.78 is 75.5. The molecule has 0 aromatic heterocycles. The molecule has 0 aliphatic carbocycles. The maximum absolute atomic E-state index is 12.9. The van der Waals surface area contributed by atoms with Crippen LogP contribution in [0.5, 0.6) is 5.75 Å². The second kappa shape index (κ2) is 10.2. The van der Waals surface area contributed by atoms with Gasteiger partial charge in [0.1, 0.15) is 5.75 Å². The van der Waals surface area contributed by atoms with Crippen LogP contribution < -0.4 is 9.46 Å². The van der Waals surface area contributed by atoms with Gasteiger partial charge in [-0.3, -0.25) is 0 Å². The van der Waals surface area contributed by atoms with Gasteiger partial charge in [-0.25, -0.2) is 13.1 Å². The van der Waals surface area contributed by atoms with Crippen LogP contribution in [0.25, 0.3) is 0 Å². The van der Waals surface area contributed by atoms with Gasteiger partial charge in [-0.2, -0.15) is 0 Å². The van der Waals surface area contributed by atoms with E-state index in [0.717, 1.165) is 35.4 Å². The van der Waals surface area contributed by atoms with Crippen molar-refractivity contribution in [2.75, 3.05) is 6.61 Å². The molecule has 9 heteroatoms. The lowest BCUT2D eigenvalue weighted by molar-refractivity contribution is -0.274. The third kappa shape index (κ3) is 6.16. The van der Waals surface area contributed by atoms with Gasteiger partial charge < -0.3 is 9.47 Å². The van der Waals surface area contributed by atoms with Crippen molar-refractivity contribution in [3.05, 3.63) is 96.1 Å². The highest BCUT2D eigenvalue weighted by atomic mass is 32.2. The molecule has 1 N–H and O–H groups in total. The number of alkyl halides is 3. The van der Waals surface area contributed by atoms with E-state index in [0.29, 0.717) is 19.4 Å². The molecule has 2 atom stereocenters. The molecule has 1 saturated heterocycles. The molecule has 0 saturated carbocycles. The maximum Gasteiger partial charge on any atom is 0.573 e. The van der Waals surface area contributed by atoms with Gasteiger partial charge in [-0.1, -0.05) is 60.7 Å². The minimum atomic E-state index is -4.84. The summed E-state index contributed by atoms with van der Waals surface area (Å²) in [6, 6.07) is 23.6. The zero-order chi connectivity index (χ0) is 24.2. The summed E-state index contributed by atoms with van der Waals surface area (Å²) in [7, 11) is -3.94. The monoisotopic (exact) mass is 491 g/mol. The molecule has 3 aromatic rings. The first-order valence-corrected chi connectivity index (χ1v) is 12.3. The van der Waals surface area contributed by atoms with E-state index in [9.17, 15) is 21.6 Å². The van der Waals surface area contributed by atoms with Crippen LogP contribution in [0.3, 0.4) is 0 Å². The first-order chi connectivity index (χ1) is 16.2. The minimum Gasteiger partial charge on any atom is -0.406 e. The molecule has 1 heterocycles. The lowest BCUT2D eigenvalue weighted by Gasteiger charge is -2.35. The Kier molecular flexibility index (Phi) is 7.25. The van der Waals surface area contributed by atoms with E-state index in [4.69, 9.17) is 4.74 Å². The molecule has 1 aliphatic rings. The second-order valence-electron chi connectivity index (χ2n) is 8.07. The van der Waals surface area contributed by atoms with Gasteiger partial charge in [0.05, 0.1) is 11.0 Å². The SMILES string of the molecule is O=S(=O)(NC1CCOC(C(c2ccccc2)c2ccccc2)C1)c1ccc(OC(F)(F)F)cc1. The van der Waals surface area contributed by atoms with Gasteiger partial charge in [0.25, 0.3) is 0 Å². The molecule has 0 spiro atoms. The van der Waals surface area contributed by atoms with Crippen molar-refractivity contribution >= 4 is 10.0 Å². The summed E-state index contributed by atoms with van der Waals surface area (Å²) in [5.41, 5.74) is 2.14. The van der Waals surface area contributed by atoms with Crippen LogP contribution in [0.2, 0.25) is 0 Å². The van der Waals surface area contributed by atoms with Crippen LogP contribution in [-0.4, -0.2) is 33.5 Å². The highest BCUT2D eigenvalue weighted by molar-refractivity contribution is 7.89. The quantitative estimate of drug-likeness (QED) is 0.491. The zero-order valence-corrected chi connectivity index (χ0v) is 18.9. The topological polar surface area (TPSA) is 64.6 Å². The average molecular weight is 492 g/mol. The van der Waals surface area contributed by atoms with Crippen LogP contribution in [-0.2, 0) is 14.8 Å². The Bertz CT molecular complexity index is 1130. The highest BCUT2D eigenvalue weighted by Gasteiger charge is 2.34. The van der Waals surface area contributed by atoms with Crippen LogP contribution in [0, 0.1) is 0 Å². The van der Waals surface area contributed by atoms with E-state index in [2.05, 4.69) is 9.46 Å². The first kappa shape index (κ1) is 24.3. The molecule has 5 nitrogen and oxygen atoms in total. The van der Waals surface area contributed by atoms with Gasteiger partial charge >= 0.3 is 6.36 Å². The van der Waals surface area contributed by atoms with Crippen LogP contribution in [0.4, 0.5) is 13.2 Å². The van der Waals surface area contributed by atoms with Crippen molar-refractivity contribution in [3.63, 3.8) is 0 Å². The van der Waals surface area contributed by atoms with E-state index in [1.165, 1.54) is 0 Å². The molecule has 0 amide bonds. The Hall–Kier alpha value is -2.88. The Labute approximate surface area is 196 Å². The number of ether oxygens (including phenoxy) is 2. The molecule has 3 aromatic carbocycles. The smallest absolute Gasteiger partial charge is 0.406 e. The van der Waals surface area contributed by atoms with Crippen LogP contribution >= 0.6 is 0 Å². The number of benzene rings is 3. The first-order valence-electron chi connectivity index (χ1n) is 10.8. The number of hydrogen-bond donors (Lipinski definition) is 1. The number of nitrogens with one attached hydrogen (secondary N) is 1. The normalized spacial score (nSPS) is 19.2. The van der Waals surface area contributed by atoms with E-state index in [1.807, 2.05) is 60.7 Å². The van der Waals surface area contributed by atoms with Crippen molar-refractivity contribution < 1.29 is 31.1 Å². The summed E-state index contributed by atoms with van der Waals surface area (Å²) in [5, 5.41) is 0. The van der Waals surface area contributed by atoms with Crippen LogP contribution in [0.1, 0.15) is 29.9 Å². The Morgan fingerprint density at radius 3 is 1.97 bits per heavy atom. The van der Waals surface area contributed by atoms with Crippen molar-refractivity contribution in [3.8, 4) is 5.75 Å². The lowest BCUT2D eigenvalue weighted by Crippen LogP contribution is -2.43. The number of sulfonamides is 1. The summed E-state index contributed by atoms with van der Waals surface area (Å²) in [4.78, 5) is -0.132. The predicted octanol–water partition coefficient (Wildman–Crippen LogP) is 5.24. The molecule has 4 rings (SSSR count). The molecular formula is C25H24F3NO4S. The van der Waals surface area contributed by atoms with Crippen molar-refractivity contribution in [1.29, 1.82) is 0 Å². The highest BCUT2D eigenvalue weighted by Crippen LogP contribution is 2.34. The minimum absolute atomic E-state index is 0.0755. The van der Waals surface area contributed by atoms with Gasteiger partial charge in [-0.15, -0.1) is 13.2 Å². The fourth-order valence-corrected chi connectivity index (χ4v) is 5.50. The molecule has 2 unspecified atom stereocenters. The van der Waals surface area contributed by atoms with Crippen molar-refractivity contribution in [2.45, 2.75) is 42.2 Å². The van der Waals surface area contributed by atoms with E-state index in [-0.39, 0.29) is 23.0 Å². The Balaban J connectivity index is 1.50. The molecule has 0 radical (unpaired) electrons. The molecule has 34 heavy (non-hydrogen) atoms. The number of hydrogen-bond acceptors (Lipinski definition) is 4. The van der Waals surface area contributed by atoms with E-state index >= 15 is 0 Å². The summed E-state index contributed by atoms with van der Waals surface area (Å²) in [6.45, 7) is 0.381. The second-order valence-corrected chi connectivity index (χ2v) is 9.78. The van der Waals surface area contributed by atoms with Gasteiger partial charge in [-0.05, 0) is 48.2 Å².